The molecular weight excluding hydrogens is 290 g/mol. The summed E-state index contributed by atoms with van der Waals surface area (Å²) in [7, 11) is -2.45. The van der Waals surface area contributed by atoms with E-state index in [1.165, 1.54) is 12.7 Å². The lowest BCUT2D eigenvalue weighted by molar-refractivity contribution is -0.140. The quantitative estimate of drug-likeness (QED) is 0.594. The second-order valence-corrected chi connectivity index (χ2v) is 6.99. The minimum Gasteiger partial charge on any atom is -0.468 e. The third kappa shape index (κ3) is 4.15. The van der Waals surface area contributed by atoms with Gasteiger partial charge in [0.2, 0.25) is 10.0 Å². The van der Waals surface area contributed by atoms with Gasteiger partial charge in [-0.15, -0.1) is 0 Å². The molecule has 0 N–H and O–H groups in total. The molecule has 1 saturated carbocycles. The molecule has 0 atom stereocenters. The summed E-state index contributed by atoms with van der Waals surface area (Å²) < 4.78 is 31.0. The Labute approximate surface area is 125 Å². The van der Waals surface area contributed by atoms with Gasteiger partial charge in [-0.1, -0.05) is 29.3 Å². The van der Waals surface area contributed by atoms with Crippen LogP contribution in [0.15, 0.2) is 40.8 Å². The summed E-state index contributed by atoms with van der Waals surface area (Å²) in [6, 6.07) is 6.59. The molecule has 2 rings (SSSR count). The largest absolute Gasteiger partial charge is 0.468 e. The Morgan fingerprint density at radius 2 is 1.90 bits per heavy atom. The Bertz CT molecular complexity index is 641. The van der Waals surface area contributed by atoms with Crippen molar-refractivity contribution in [2.24, 2.45) is 0 Å². The predicted molar refractivity (Wildman–Crippen MR) is 79.3 cm³/mol. The fraction of sp³-hybridized carbons (Fsp3) is 0.400. The molecule has 1 fully saturated rings. The van der Waals surface area contributed by atoms with Gasteiger partial charge in [0.25, 0.3) is 0 Å². The fourth-order valence-electron chi connectivity index (χ4n) is 1.82. The van der Waals surface area contributed by atoms with Crippen molar-refractivity contribution in [1.82, 2.24) is 4.31 Å². The molecule has 114 valence electrons. The summed E-state index contributed by atoms with van der Waals surface area (Å²) in [4.78, 5) is 11.7. The molecule has 0 unspecified atom stereocenters. The standard InChI is InChI=1S/C15H19NO4S/c1-12-3-7-14(8-4-12)21(18,19)16(11-15(17)20-2)10-9-13-5-6-13/h3-4,7-9H,5-6,10-11H2,1-2H3. The smallest absolute Gasteiger partial charge is 0.321 e. The number of ether oxygens (including phenoxy) is 1. The zero-order chi connectivity index (χ0) is 15.5. The average molecular weight is 309 g/mol. The number of aryl methyl sites for hydroxylation is 1. The molecule has 21 heavy (non-hydrogen) atoms. The molecule has 1 aliphatic rings. The first-order valence-electron chi connectivity index (χ1n) is 6.75. The Balaban J connectivity index is 2.25. The van der Waals surface area contributed by atoms with Crippen molar-refractivity contribution in [3.63, 3.8) is 0 Å². The Morgan fingerprint density at radius 3 is 2.43 bits per heavy atom. The number of carbonyl (C=O) groups excluding carboxylic acids is 1. The summed E-state index contributed by atoms with van der Waals surface area (Å²) >= 11 is 0. The number of hydrogen-bond acceptors (Lipinski definition) is 4. The normalized spacial score (nSPS) is 14.1. The van der Waals surface area contributed by atoms with Crippen molar-refractivity contribution in [1.29, 1.82) is 0 Å². The molecule has 1 aromatic rings. The van der Waals surface area contributed by atoms with Crippen molar-refractivity contribution in [2.75, 3.05) is 20.2 Å². The lowest BCUT2D eigenvalue weighted by Gasteiger charge is -2.19. The van der Waals surface area contributed by atoms with Crippen LogP contribution in [0.2, 0.25) is 0 Å². The molecule has 1 aromatic carbocycles. The number of nitrogens with zero attached hydrogens (tertiary/aromatic N) is 1. The number of methoxy groups -OCH3 is 1. The van der Waals surface area contributed by atoms with E-state index in [1.54, 1.807) is 24.3 Å². The van der Waals surface area contributed by atoms with E-state index in [1.807, 2.05) is 13.0 Å². The number of esters is 1. The predicted octanol–water partition coefficient (Wildman–Crippen LogP) is 1.88. The summed E-state index contributed by atoms with van der Waals surface area (Å²) in [5.74, 6) is -0.570. The van der Waals surface area contributed by atoms with Crippen LogP contribution in [0.5, 0.6) is 0 Å². The molecule has 5 nitrogen and oxygen atoms in total. The summed E-state index contributed by atoms with van der Waals surface area (Å²) in [5.41, 5.74) is 2.21. The van der Waals surface area contributed by atoms with Gasteiger partial charge in [0.15, 0.2) is 0 Å². The van der Waals surface area contributed by atoms with Crippen molar-refractivity contribution in [3.05, 3.63) is 41.5 Å². The second kappa shape index (κ2) is 6.41. The highest BCUT2D eigenvalue weighted by Crippen LogP contribution is 2.27. The van der Waals surface area contributed by atoms with Crippen LogP contribution >= 0.6 is 0 Å². The van der Waals surface area contributed by atoms with E-state index in [4.69, 9.17) is 0 Å². The minimum atomic E-state index is -3.70. The maximum atomic E-state index is 12.6. The molecule has 0 spiro atoms. The molecule has 0 radical (unpaired) electrons. The SMILES string of the molecule is COC(=O)CN(CC=C1CC1)S(=O)(=O)c1ccc(C)cc1. The topological polar surface area (TPSA) is 63.7 Å². The van der Waals surface area contributed by atoms with Crippen LogP contribution in [0.3, 0.4) is 0 Å². The van der Waals surface area contributed by atoms with E-state index >= 15 is 0 Å². The summed E-state index contributed by atoms with van der Waals surface area (Å²) in [6.07, 6.45) is 3.89. The Kier molecular flexibility index (Phi) is 4.80. The van der Waals surface area contributed by atoms with Crippen LogP contribution < -0.4 is 0 Å². The Hall–Kier alpha value is -1.66. The lowest BCUT2D eigenvalue weighted by atomic mass is 10.2. The van der Waals surface area contributed by atoms with Crippen LogP contribution in [0.4, 0.5) is 0 Å². The van der Waals surface area contributed by atoms with Crippen LogP contribution in [0.1, 0.15) is 18.4 Å². The number of hydrogen-bond donors (Lipinski definition) is 0. The third-order valence-corrected chi connectivity index (χ3v) is 5.14. The number of rotatable bonds is 6. The van der Waals surface area contributed by atoms with Gasteiger partial charge >= 0.3 is 5.97 Å². The molecule has 0 amide bonds. The number of sulfonamides is 1. The van der Waals surface area contributed by atoms with Gasteiger partial charge in [0, 0.05) is 6.54 Å². The highest BCUT2D eigenvalue weighted by Gasteiger charge is 2.26. The van der Waals surface area contributed by atoms with Crippen LogP contribution in [0.25, 0.3) is 0 Å². The summed E-state index contributed by atoms with van der Waals surface area (Å²) in [6.45, 7) is 1.80. The number of benzene rings is 1. The molecule has 0 saturated heterocycles. The maximum absolute atomic E-state index is 12.6. The van der Waals surface area contributed by atoms with Crippen LogP contribution in [0, 0.1) is 6.92 Å². The number of carbonyl (C=O) groups is 1. The van der Waals surface area contributed by atoms with Gasteiger partial charge in [-0.05, 0) is 31.9 Å². The average Bonchev–Trinajstić information content (AvgIpc) is 3.27. The maximum Gasteiger partial charge on any atom is 0.321 e. The summed E-state index contributed by atoms with van der Waals surface area (Å²) in [5, 5.41) is 0. The van der Waals surface area contributed by atoms with Crippen molar-refractivity contribution < 1.29 is 17.9 Å². The van der Waals surface area contributed by atoms with Gasteiger partial charge in [0.1, 0.15) is 6.54 Å². The first-order valence-corrected chi connectivity index (χ1v) is 8.19. The van der Waals surface area contributed by atoms with Gasteiger partial charge in [-0.25, -0.2) is 8.42 Å². The second-order valence-electron chi connectivity index (χ2n) is 5.05. The van der Waals surface area contributed by atoms with Crippen LogP contribution in [-0.2, 0) is 19.6 Å². The van der Waals surface area contributed by atoms with E-state index in [0.717, 1.165) is 22.7 Å². The van der Waals surface area contributed by atoms with Gasteiger partial charge < -0.3 is 4.74 Å². The van der Waals surface area contributed by atoms with Crippen molar-refractivity contribution in [3.8, 4) is 0 Å². The molecule has 0 bridgehead atoms. The molecule has 0 aliphatic heterocycles. The lowest BCUT2D eigenvalue weighted by Crippen LogP contribution is -2.36. The molecule has 0 aromatic heterocycles. The zero-order valence-corrected chi connectivity index (χ0v) is 13.0. The zero-order valence-electron chi connectivity index (χ0n) is 12.2. The van der Waals surface area contributed by atoms with E-state index in [-0.39, 0.29) is 18.0 Å². The number of allylic oxidation sites excluding steroid dienone is 1. The van der Waals surface area contributed by atoms with Crippen molar-refractivity contribution in [2.45, 2.75) is 24.7 Å². The minimum absolute atomic E-state index is 0.186. The first-order chi connectivity index (χ1) is 9.93. The van der Waals surface area contributed by atoms with E-state index in [2.05, 4.69) is 4.74 Å². The molecular formula is C15H19NO4S. The van der Waals surface area contributed by atoms with Crippen LogP contribution in [-0.4, -0.2) is 38.9 Å². The van der Waals surface area contributed by atoms with E-state index in [9.17, 15) is 13.2 Å². The van der Waals surface area contributed by atoms with E-state index in [0.29, 0.717) is 0 Å². The Morgan fingerprint density at radius 1 is 1.29 bits per heavy atom. The van der Waals surface area contributed by atoms with E-state index < -0.39 is 16.0 Å². The third-order valence-electron chi connectivity index (χ3n) is 3.31. The molecule has 0 heterocycles. The highest BCUT2D eigenvalue weighted by atomic mass is 32.2. The van der Waals surface area contributed by atoms with Gasteiger partial charge in [-0.3, -0.25) is 4.79 Å². The van der Waals surface area contributed by atoms with Gasteiger partial charge in [-0.2, -0.15) is 4.31 Å². The monoisotopic (exact) mass is 309 g/mol. The molecule has 1 aliphatic carbocycles. The van der Waals surface area contributed by atoms with Crippen molar-refractivity contribution >= 4 is 16.0 Å². The fourth-order valence-corrected chi connectivity index (χ4v) is 3.15. The first kappa shape index (κ1) is 15.7. The molecule has 6 heteroatoms. The van der Waals surface area contributed by atoms with Gasteiger partial charge in [0.05, 0.1) is 12.0 Å². The highest BCUT2D eigenvalue weighted by molar-refractivity contribution is 7.89.